The standard InChI is InChI=1S/C24H34N8O8/c25-14(11-33)20(36)31-17(9-19(34)35)22(38)30-16(6-3-7-28-24(26)27)21(37)32-18(23(39)40)8-12-10-29-15-5-2-1-4-13(12)15/h1-2,4-5,10,14,16-18,29,33H,3,6-9,11,25H2,(H,30,38)(H,31,36)(H,32,37)(H,34,35)(H,39,40)(H4,26,27,28). The number of aliphatic hydroxyl groups excluding tert-OH is 1. The molecular weight excluding hydrogens is 528 g/mol. The van der Waals surface area contributed by atoms with Crippen molar-refractivity contribution in [1.82, 2.24) is 20.9 Å². The van der Waals surface area contributed by atoms with E-state index in [-0.39, 0.29) is 31.8 Å². The van der Waals surface area contributed by atoms with E-state index < -0.39 is 66.9 Å². The van der Waals surface area contributed by atoms with Gasteiger partial charge in [-0.05, 0) is 24.5 Å². The van der Waals surface area contributed by atoms with E-state index in [0.717, 1.165) is 10.9 Å². The third-order valence-electron chi connectivity index (χ3n) is 5.84. The van der Waals surface area contributed by atoms with Gasteiger partial charge in [0, 0.05) is 30.1 Å². The lowest BCUT2D eigenvalue weighted by atomic mass is 10.0. The van der Waals surface area contributed by atoms with Crippen LogP contribution < -0.4 is 33.2 Å². The first-order valence-corrected chi connectivity index (χ1v) is 12.3. The van der Waals surface area contributed by atoms with Gasteiger partial charge in [-0.2, -0.15) is 0 Å². The van der Waals surface area contributed by atoms with E-state index >= 15 is 0 Å². The molecule has 0 aliphatic rings. The molecule has 0 aliphatic carbocycles. The Balaban J connectivity index is 2.23. The number of benzene rings is 1. The van der Waals surface area contributed by atoms with Gasteiger partial charge in [-0.15, -0.1) is 0 Å². The number of guanidine groups is 1. The second kappa shape index (κ2) is 15.0. The highest BCUT2D eigenvalue weighted by Crippen LogP contribution is 2.19. The Morgan fingerprint density at radius 1 is 0.925 bits per heavy atom. The number of rotatable bonds is 16. The minimum atomic E-state index is -1.64. The molecule has 0 saturated heterocycles. The van der Waals surface area contributed by atoms with Crippen molar-refractivity contribution in [1.29, 1.82) is 0 Å². The zero-order chi connectivity index (χ0) is 29.8. The molecular formula is C24H34N8O8. The quantitative estimate of drug-likeness (QED) is 0.0562. The van der Waals surface area contributed by atoms with Crippen LogP contribution in [0.15, 0.2) is 35.5 Å². The minimum Gasteiger partial charge on any atom is -0.481 e. The van der Waals surface area contributed by atoms with Gasteiger partial charge in [-0.3, -0.25) is 24.2 Å². The van der Waals surface area contributed by atoms with Crippen LogP contribution in [-0.2, 0) is 30.4 Å². The zero-order valence-electron chi connectivity index (χ0n) is 21.5. The molecule has 40 heavy (non-hydrogen) atoms. The minimum absolute atomic E-state index is 0.0579. The molecule has 2 aromatic rings. The Hall–Kier alpha value is -4.70. The molecule has 4 atom stereocenters. The van der Waals surface area contributed by atoms with E-state index in [4.69, 9.17) is 22.3 Å². The summed E-state index contributed by atoms with van der Waals surface area (Å²) in [4.78, 5) is 68.4. The van der Waals surface area contributed by atoms with Crippen LogP contribution in [0.1, 0.15) is 24.8 Å². The van der Waals surface area contributed by atoms with Crippen molar-refractivity contribution in [2.45, 2.75) is 49.9 Å². The highest BCUT2D eigenvalue weighted by molar-refractivity contribution is 5.96. The summed E-state index contributed by atoms with van der Waals surface area (Å²) < 4.78 is 0. The van der Waals surface area contributed by atoms with Crippen LogP contribution in [0.4, 0.5) is 0 Å². The summed E-state index contributed by atoms with van der Waals surface area (Å²) in [5, 5.41) is 35.7. The van der Waals surface area contributed by atoms with Gasteiger partial charge in [0.1, 0.15) is 24.2 Å². The van der Waals surface area contributed by atoms with E-state index in [0.29, 0.717) is 5.56 Å². The number of nitrogens with zero attached hydrogens (tertiary/aromatic N) is 1. The maximum absolute atomic E-state index is 13.2. The van der Waals surface area contributed by atoms with Gasteiger partial charge in [-0.25, -0.2) is 4.79 Å². The summed E-state index contributed by atoms with van der Waals surface area (Å²) >= 11 is 0. The second-order valence-electron chi connectivity index (χ2n) is 8.92. The average Bonchev–Trinajstić information content (AvgIpc) is 3.31. The molecule has 0 saturated carbocycles. The van der Waals surface area contributed by atoms with Gasteiger partial charge in [0.05, 0.1) is 13.0 Å². The molecule has 0 aliphatic heterocycles. The summed E-state index contributed by atoms with van der Waals surface area (Å²) in [5.41, 5.74) is 17.5. The smallest absolute Gasteiger partial charge is 0.326 e. The van der Waals surface area contributed by atoms with Crippen molar-refractivity contribution in [3.63, 3.8) is 0 Å². The number of amides is 3. The molecule has 0 spiro atoms. The molecule has 3 amide bonds. The highest BCUT2D eigenvalue weighted by Gasteiger charge is 2.31. The first-order valence-electron chi connectivity index (χ1n) is 12.3. The fourth-order valence-electron chi connectivity index (χ4n) is 3.78. The van der Waals surface area contributed by atoms with Gasteiger partial charge in [0.15, 0.2) is 5.96 Å². The lowest BCUT2D eigenvalue weighted by molar-refractivity contribution is -0.143. The molecule has 16 heteroatoms. The van der Waals surface area contributed by atoms with E-state index in [2.05, 4.69) is 25.9 Å². The number of carbonyl (C=O) groups is 5. The van der Waals surface area contributed by atoms with Gasteiger partial charge in [0.2, 0.25) is 17.7 Å². The highest BCUT2D eigenvalue weighted by atomic mass is 16.4. The number of carboxylic acids is 2. The monoisotopic (exact) mass is 562 g/mol. The van der Waals surface area contributed by atoms with E-state index in [1.165, 1.54) is 0 Å². The molecule has 4 unspecified atom stereocenters. The normalized spacial score (nSPS) is 13.8. The number of H-pyrrole nitrogens is 1. The number of carbonyl (C=O) groups excluding carboxylic acids is 3. The molecule has 16 nitrogen and oxygen atoms in total. The van der Waals surface area contributed by atoms with Crippen molar-refractivity contribution in [2.75, 3.05) is 13.2 Å². The van der Waals surface area contributed by atoms with Gasteiger partial charge in [0.25, 0.3) is 0 Å². The Morgan fingerprint density at radius 2 is 1.55 bits per heavy atom. The summed E-state index contributed by atoms with van der Waals surface area (Å²) in [6.07, 6.45) is 0.837. The number of carboxylic acid groups (broad SMARTS) is 2. The molecule has 2 rings (SSSR count). The van der Waals surface area contributed by atoms with Crippen LogP contribution in [0.25, 0.3) is 10.9 Å². The lowest BCUT2D eigenvalue weighted by Gasteiger charge is -2.24. The Bertz CT molecular complexity index is 1240. The Kier molecular flexibility index (Phi) is 11.8. The number of fused-ring (bicyclic) bond motifs is 1. The van der Waals surface area contributed by atoms with Crippen molar-refractivity contribution in [3.05, 3.63) is 36.0 Å². The van der Waals surface area contributed by atoms with Crippen molar-refractivity contribution >= 4 is 46.5 Å². The van der Waals surface area contributed by atoms with E-state index in [9.17, 15) is 34.2 Å². The number of hydrogen-bond acceptors (Lipinski definition) is 8. The fraction of sp³-hybridized carbons (Fsp3) is 0.417. The zero-order valence-corrected chi connectivity index (χ0v) is 21.5. The first kappa shape index (κ1) is 31.5. The largest absolute Gasteiger partial charge is 0.481 e. The molecule has 1 aromatic carbocycles. The summed E-state index contributed by atoms with van der Waals surface area (Å²) in [5.74, 6) is -5.83. The maximum atomic E-state index is 13.2. The van der Waals surface area contributed by atoms with E-state index in [1.807, 2.05) is 12.1 Å². The first-order chi connectivity index (χ1) is 18.9. The van der Waals surface area contributed by atoms with Crippen LogP contribution in [0.2, 0.25) is 0 Å². The van der Waals surface area contributed by atoms with Gasteiger partial charge in [-0.1, -0.05) is 18.2 Å². The number of aliphatic imine (C=N–C) groups is 1. The predicted molar refractivity (Wildman–Crippen MR) is 143 cm³/mol. The third-order valence-corrected chi connectivity index (χ3v) is 5.84. The second-order valence-corrected chi connectivity index (χ2v) is 8.92. The number of nitrogens with one attached hydrogen (secondary N) is 4. The van der Waals surface area contributed by atoms with Crippen molar-refractivity contribution in [2.24, 2.45) is 22.2 Å². The third kappa shape index (κ3) is 9.55. The van der Waals surface area contributed by atoms with Crippen LogP contribution in [0.5, 0.6) is 0 Å². The van der Waals surface area contributed by atoms with Crippen LogP contribution in [-0.4, -0.2) is 93.2 Å². The van der Waals surface area contributed by atoms with Crippen LogP contribution in [0.3, 0.4) is 0 Å². The number of aliphatic hydroxyl groups is 1. The fourth-order valence-corrected chi connectivity index (χ4v) is 3.78. The van der Waals surface area contributed by atoms with Crippen molar-refractivity contribution < 1.29 is 39.3 Å². The van der Waals surface area contributed by atoms with Crippen LogP contribution >= 0.6 is 0 Å². The van der Waals surface area contributed by atoms with Gasteiger partial charge >= 0.3 is 11.9 Å². The molecule has 0 radical (unpaired) electrons. The summed E-state index contributed by atoms with van der Waals surface area (Å²) in [6.45, 7) is -0.670. The number of hydrogen-bond donors (Lipinski definition) is 10. The molecule has 1 aromatic heterocycles. The summed E-state index contributed by atoms with van der Waals surface area (Å²) in [7, 11) is 0. The number of aromatic amines is 1. The maximum Gasteiger partial charge on any atom is 0.326 e. The number of aliphatic carboxylic acids is 2. The van der Waals surface area contributed by atoms with Crippen molar-refractivity contribution in [3.8, 4) is 0 Å². The SMILES string of the molecule is NC(N)=NCCCC(NC(=O)C(CC(=O)O)NC(=O)C(N)CO)C(=O)NC(Cc1c[nH]c2ccccc12)C(=O)O. The summed E-state index contributed by atoms with van der Waals surface area (Å²) in [6, 6.07) is 1.44. The average molecular weight is 563 g/mol. The molecule has 0 bridgehead atoms. The predicted octanol–water partition coefficient (Wildman–Crippen LogP) is -2.90. The Labute approximate surface area is 228 Å². The van der Waals surface area contributed by atoms with E-state index in [1.54, 1.807) is 18.3 Å². The van der Waals surface area contributed by atoms with Crippen LogP contribution in [0, 0.1) is 0 Å². The Morgan fingerprint density at radius 3 is 2.17 bits per heavy atom. The molecule has 218 valence electrons. The molecule has 13 N–H and O–H groups in total. The number of nitrogens with two attached hydrogens (primary N) is 3. The number of para-hydroxylation sites is 1. The molecule has 1 heterocycles. The lowest BCUT2D eigenvalue weighted by Crippen LogP contribution is -2.58. The van der Waals surface area contributed by atoms with Gasteiger partial charge < -0.3 is 53.5 Å². The number of aromatic nitrogens is 1. The molecule has 0 fully saturated rings. The topological polar surface area (TPSA) is 288 Å².